The van der Waals surface area contributed by atoms with Crippen LogP contribution in [-0.4, -0.2) is 12.7 Å². The minimum absolute atomic E-state index is 0.0704. The van der Waals surface area contributed by atoms with E-state index >= 15 is 0 Å². The Hall–Kier alpha value is -1.86. The summed E-state index contributed by atoms with van der Waals surface area (Å²) in [4.78, 5) is 0. The number of halogens is 6. The van der Waals surface area contributed by atoms with Crippen molar-refractivity contribution in [2.75, 3.05) is 0 Å². The maximum absolute atomic E-state index is 12.1. The highest BCUT2D eigenvalue weighted by molar-refractivity contribution is 5.46. The first-order chi connectivity index (χ1) is 9.00. The quantitative estimate of drug-likeness (QED) is 0.756. The highest BCUT2D eigenvalue weighted by atomic mass is 19.4. The fourth-order valence-corrected chi connectivity index (χ4v) is 1.30. The van der Waals surface area contributed by atoms with Gasteiger partial charge >= 0.3 is 12.7 Å². The summed E-state index contributed by atoms with van der Waals surface area (Å²) in [5.41, 5.74) is 0.0704. The Morgan fingerprint density at radius 1 is 0.950 bits per heavy atom. The molecule has 0 fully saturated rings. The van der Waals surface area contributed by atoms with Crippen LogP contribution >= 0.6 is 0 Å². The van der Waals surface area contributed by atoms with Gasteiger partial charge in [-0.05, 0) is 17.7 Å². The topological polar surface area (TPSA) is 18.5 Å². The zero-order valence-corrected chi connectivity index (χ0v) is 10.1. The lowest BCUT2D eigenvalue weighted by molar-refractivity contribution is -0.276. The molecule has 1 radical (unpaired) electrons. The van der Waals surface area contributed by atoms with E-state index in [0.29, 0.717) is 12.0 Å². The van der Waals surface area contributed by atoms with E-state index in [1.165, 1.54) is 13.0 Å². The largest absolute Gasteiger partial charge is 0.573 e. The van der Waals surface area contributed by atoms with Crippen LogP contribution in [0.4, 0.5) is 26.3 Å². The summed E-state index contributed by atoms with van der Waals surface area (Å²) in [6.07, 6.45) is -8.75. The highest BCUT2D eigenvalue weighted by Crippen LogP contribution is 2.33. The first-order valence-electron chi connectivity index (χ1n) is 5.13. The summed E-state index contributed by atoms with van der Waals surface area (Å²) in [6, 6.07) is 2.38. The molecule has 0 heterocycles. The third-order valence-corrected chi connectivity index (χ3v) is 2.11. The first-order valence-corrected chi connectivity index (χ1v) is 5.13. The predicted octanol–water partition coefficient (Wildman–Crippen LogP) is 4.61. The molecular weight excluding hydrogens is 290 g/mol. The number of hydrogen-bond acceptors (Lipinski definition) is 2. The molecule has 0 spiro atoms. The third-order valence-electron chi connectivity index (χ3n) is 2.11. The molecule has 0 aliphatic heterocycles. The normalized spacial score (nSPS) is 12.4. The minimum Gasteiger partial charge on any atom is -0.406 e. The van der Waals surface area contributed by atoms with Crippen LogP contribution in [-0.2, 0) is 0 Å². The molecule has 0 bridgehead atoms. The van der Waals surface area contributed by atoms with Crippen molar-refractivity contribution in [1.29, 1.82) is 0 Å². The van der Waals surface area contributed by atoms with Gasteiger partial charge in [0, 0.05) is 12.0 Å². The number of alkyl halides is 6. The molecule has 2 nitrogen and oxygen atoms in total. The summed E-state index contributed by atoms with van der Waals surface area (Å²) < 4.78 is 79.9. The van der Waals surface area contributed by atoms with Crippen molar-refractivity contribution in [3.63, 3.8) is 0 Å². The molecule has 0 amide bonds. The van der Waals surface area contributed by atoms with E-state index in [0.717, 1.165) is 12.1 Å². The Bertz CT molecular complexity index is 444. The van der Waals surface area contributed by atoms with E-state index in [1.807, 2.05) is 0 Å². The van der Waals surface area contributed by atoms with E-state index in [9.17, 15) is 26.3 Å². The van der Waals surface area contributed by atoms with E-state index < -0.39 is 24.2 Å². The van der Waals surface area contributed by atoms with Gasteiger partial charge in [-0.1, -0.05) is 13.0 Å². The second-order valence-corrected chi connectivity index (χ2v) is 3.68. The Morgan fingerprint density at radius 2 is 1.35 bits per heavy atom. The van der Waals surface area contributed by atoms with Crippen LogP contribution in [0.5, 0.6) is 11.5 Å². The fraction of sp³-hybridized carbons (Fsp3) is 0.250. The van der Waals surface area contributed by atoms with Crippen LogP contribution in [0.3, 0.4) is 0 Å². The van der Waals surface area contributed by atoms with Gasteiger partial charge in [0.05, 0.1) is 0 Å². The molecular formula is C12H9F6O2. The van der Waals surface area contributed by atoms with Crippen molar-refractivity contribution in [1.82, 2.24) is 0 Å². The van der Waals surface area contributed by atoms with Gasteiger partial charge < -0.3 is 9.47 Å². The van der Waals surface area contributed by atoms with Crippen LogP contribution in [0.1, 0.15) is 12.5 Å². The van der Waals surface area contributed by atoms with Gasteiger partial charge in [0.25, 0.3) is 0 Å². The number of ether oxygens (including phenoxy) is 2. The average molecular weight is 299 g/mol. The maximum atomic E-state index is 12.1. The molecule has 0 aliphatic carbocycles. The Labute approximate surface area is 110 Å². The van der Waals surface area contributed by atoms with Crippen LogP contribution in [0.2, 0.25) is 0 Å². The van der Waals surface area contributed by atoms with Gasteiger partial charge in [-0.25, -0.2) is 0 Å². The molecule has 1 aromatic rings. The van der Waals surface area contributed by atoms with Gasteiger partial charge in [0.1, 0.15) is 11.5 Å². The number of rotatable bonds is 4. The summed E-state index contributed by atoms with van der Waals surface area (Å²) in [7, 11) is 0. The van der Waals surface area contributed by atoms with Crippen LogP contribution in [0.25, 0.3) is 0 Å². The Morgan fingerprint density at radius 3 is 1.65 bits per heavy atom. The molecule has 0 saturated carbocycles. The molecule has 111 valence electrons. The SMILES string of the molecule is C=C[C](C)c1cc(OC(F)(F)F)cc(OC(F)(F)F)c1. The van der Waals surface area contributed by atoms with E-state index in [1.54, 1.807) is 0 Å². The molecule has 8 heteroatoms. The summed E-state index contributed by atoms with van der Waals surface area (Å²) >= 11 is 0. The van der Waals surface area contributed by atoms with E-state index in [4.69, 9.17) is 0 Å². The van der Waals surface area contributed by atoms with Gasteiger partial charge in [0.2, 0.25) is 0 Å². The Kier molecular flexibility index (Phi) is 4.57. The first kappa shape index (κ1) is 16.2. The molecule has 1 aromatic carbocycles. The molecule has 0 aliphatic rings. The summed E-state index contributed by atoms with van der Waals surface area (Å²) in [5.74, 6) is -1.25. The maximum Gasteiger partial charge on any atom is 0.573 e. The molecule has 1 rings (SSSR count). The van der Waals surface area contributed by atoms with Gasteiger partial charge in [-0.3, -0.25) is 0 Å². The van der Waals surface area contributed by atoms with Gasteiger partial charge in [0.15, 0.2) is 0 Å². The van der Waals surface area contributed by atoms with Crippen molar-refractivity contribution in [2.24, 2.45) is 0 Å². The van der Waals surface area contributed by atoms with E-state index in [-0.39, 0.29) is 5.56 Å². The number of benzene rings is 1. The van der Waals surface area contributed by atoms with Crippen LogP contribution in [0, 0.1) is 5.92 Å². The fourth-order valence-electron chi connectivity index (χ4n) is 1.30. The lowest BCUT2D eigenvalue weighted by Crippen LogP contribution is -2.19. The number of allylic oxidation sites excluding steroid dienone is 1. The summed E-state index contributed by atoms with van der Waals surface area (Å²) in [6.45, 7) is 4.85. The third kappa shape index (κ3) is 5.41. The zero-order chi connectivity index (χ0) is 15.6. The van der Waals surface area contributed by atoms with Crippen molar-refractivity contribution in [3.05, 3.63) is 42.3 Å². The van der Waals surface area contributed by atoms with Crippen molar-refractivity contribution in [3.8, 4) is 11.5 Å². The average Bonchev–Trinajstić information content (AvgIpc) is 2.22. The lowest BCUT2D eigenvalue weighted by Gasteiger charge is -2.15. The van der Waals surface area contributed by atoms with E-state index in [2.05, 4.69) is 16.1 Å². The molecule has 0 aromatic heterocycles. The molecule has 0 atom stereocenters. The standard InChI is InChI=1S/C12H9F6O2/c1-3-7(2)8-4-9(19-11(13,14)15)6-10(5-8)20-12(16,17)18/h3-6H,1H2,2H3. The van der Waals surface area contributed by atoms with Gasteiger partial charge in [-0.2, -0.15) is 0 Å². The molecule has 0 unspecified atom stereocenters. The Balaban J connectivity index is 3.17. The molecule has 0 saturated heterocycles. The second kappa shape index (κ2) is 5.64. The zero-order valence-electron chi connectivity index (χ0n) is 10.1. The van der Waals surface area contributed by atoms with Crippen molar-refractivity contribution >= 4 is 0 Å². The van der Waals surface area contributed by atoms with Crippen molar-refractivity contribution < 1.29 is 35.8 Å². The van der Waals surface area contributed by atoms with Gasteiger partial charge in [-0.15, -0.1) is 32.9 Å². The summed E-state index contributed by atoms with van der Waals surface area (Å²) in [5, 5.41) is 0. The smallest absolute Gasteiger partial charge is 0.406 e. The minimum atomic E-state index is -5.02. The van der Waals surface area contributed by atoms with Crippen LogP contribution < -0.4 is 9.47 Å². The second-order valence-electron chi connectivity index (χ2n) is 3.68. The molecule has 0 N–H and O–H groups in total. The van der Waals surface area contributed by atoms with Crippen molar-refractivity contribution in [2.45, 2.75) is 19.6 Å². The number of hydrogen-bond donors (Lipinski definition) is 0. The lowest BCUT2D eigenvalue weighted by atomic mass is 10.0. The molecule has 20 heavy (non-hydrogen) atoms. The monoisotopic (exact) mass is 299 g/mol. The van der Waals surface area contributed by atoms with Crippen LogP contribution in [0.15, 0.2) is 30.9 Å². The predicted molar refractivity (Wildman–Crippen MR) is 58.0 cm³/mol. The highest BCUT2D eigenvalue weighted by Gasteiger charge is 2.34.